The number of benzene rings is 2. The lowest BCUT2D eigenvalue weighted by Crippen LogP contribution is -2.33. The minimum Gasteiger partial charge on any atom is -0.494 e. The normalized spacial score (nSPS) is 11.4. The van der Waals surface area contributed by atoms with Crippen molar-refractivity contribution in [3.8, 4) is 5.75 Å². The Morgan fingerprint density at radius 2 is 1.58 bits per heavy atom. The number of hydrogen-bond acceptors (Lipinski definition) is 4. The number of aliphatic hydroxyl groups excluding tert-OH is 1. The number of aryl methyl sites for hydroxylation is 1. The molecular weight excluding hydrogens is 409 g/mol. The van der Waals surface area contributed by atoms with Gasteiger partial charge >= 0.3 is 6.18 Å². The molecule has 5 nitrogen and oxygen atoms in total. The van der Waals surface area contributed by atoms with Crippen LogP contribution in [0.1, 0.15) is 37.8 Å². The smallest absolute Gasteiger partial charge is 0.416 e. The number of ether oxygens (including phenoxy) is 1. The molecule has 0 aliphatic heterocycles. The van der Waals surface area contributed by atoms with Gasteiger partial charge in [-0.05, 0) is 82.1 Å². The third kappa shape index (κ3) is 8.98. The molecule has 0 atom stereocenters. The Balaban J connectivity index is 0.00000233. The van der Waals surface area contributed by atoms with Gasteiger partial charge in [0.05, 0.1) is 24.2 Å². The molecule has 0 saturated heterocycles. The van der Waals surface area contributed by atoms with Gasteiger partial charge in [-0.3, -0.25) is 4.79 Å². The van der Waals surface area contributed by atoms with Gasteiger partial charge in [0.15, 0.2) is 0 Å². The van der Waals surface area contributed by atoms with E-state index in [1.54, 1.807) is 38.1 Å². The third-order valence-electron chi connectivity index (χ3n) is 4.53. The van der Waals surface area contributed by atoms with E-state index in [1.807, 2.05) is 0 Å². The fraction of sp³-hybridized carbons (Fsp3) is 0.435. The fourth-order valence-corrected chi connectivity index (χ4v) is 2.49. The first-order chi connectivity index (χ1) is 14.6. The number of carbonyl (C=O) groups excluding carboxylic acids is 1. The van der Waals surface area contributed by atoms with Crippen LogP contribution >= 0.6 is 0 Å². The Kier molecular flexibility index (Phi) is 10.5. The monoisotopic (exact) mass is 440 g/mol. The number of nitrogens with one attached hydrogen (secondary N) is 1. The molecule has 0 aliphatic carbocycles. The fourth-order valence-electron chi connectivity index (χ4n) is 2.49. The van der Waals surface area contributed by atoms with Crippen LogP contribution in [-0.2, 0) is 17.4 Å². The van der Waals surface area contributed by atoms with E-state index in [0.717, 1.165) is 30.5 Å². The van der Waals surface area contributed by atoms with Gasteiger partial charge < -0.3 is 20.9 Å². The molecular formula is C23H31F3N2O3. The van der Waals surface area contributed by atoms with E-state index in [4.69, 9.17) is 4.74 Å². The molecule has 0 radical (unpaired) electrons. The van der Waals surface area contributed by atoms with Crippen molar-refractivity contribution >= 4 is 11.6 Å². The summed E-state index contributed by atoms with van der Waals surface area (Å²) in [6.07, 6.45) is -2.05. The van der Waals surface area contributed by atoms with Crippen LogP contribution in [0, 0.1) is 5.41 Å². The first-order valence-corrected chi connectivity index (χ1v) is 10.0. The molecule has 0 spiro atoms. The summed E-state index contributed by atoms with van der Waals surface area (Å²) in [4.78, 5) is 12.0. The van der Waals surface area contributed by atoms with Crippen molar-refractivity contribution in [1.29, 1.82) is 0 Å². The number of rotatable bonds is 9. The summed E-state index contributed by atoms with van der Waals surface area (Å²) in [6.45, 7) is 3.56. The summed E-state index contributed by atoms with van der Waals surface area (Å²) in [5, 5.41) is 12.0. The standard InChI is InChI=1S/C22H26F3NO3.CH5N/c1-21(2,15-27)20(28)26-18-10-12-19(13-11-18)29-14-4-3-5-16-6-8-17(9-7-16)22(23,24)25;1-2/h6-13,27H,3-5,14-15H2,1-2H3,(H,26,28);2H2,1H3. The number of anilines is 1. The number of carbonyl (C=O) groups is 1. The number of amides is 1. The maximum atomic E-state index is 12.5. The van der Waals surface area contributed by atoms with Crippen LogP contribution < -0.4 is 15.8 Å². The summed E-state index contributed by atoms with van der Waals surface area (Å²) in [5.41, 5.74) is 4.49. The van der Waals surface area contributed by atoms with Crippen LogP contribution in [0.2, 0.25) is 0 Å². The lowest BCUT2D eigenvalue weighted by Gasteiger charge is -2.20. The highest BCUT2D eigenvalue weighted by Crippen LogP contribution is 2.29. The van der Waals surface area contributed by atoms with E-state index in [2.05, 4.69) is 11.1 Å². The first-order valence-electron chi connectivity index (χ1n) is 10.0. The first kappa shape index (κ1) is 26.5. The molecule has 1 amide bonds. The quantitative estimate of drug-likeness (QED) is 0.496. The molecule has 172 valence electrons. The zero-order valence-corrected chi connectivity index (χ0v) is 18.1. The van der Waals surface area contributed by atoms with Gasteiger partial charge in [-0.25, -0.2) is 0 Å². The van der Waals surface area contributed by atoms with E-state index in [1.165, 1.54) is 19.2 Å². The Morgan fingerprint density at radius 3 is 2.10 bits per heavy atom. The van der Waals surface area contributed by atoms with Gasteiger partial charge in [0.1, 0.15) is 5.75 Å². The summed E-state index contributed by atoms with van der Waals surface area (Å²) in [6, 6.07) is 12.2. The van der Waals surface area contributed by atoms with Gasteiger partial charge in [0.2, 0.25) is 5.91 Å². The summed E-state index contributed by atoms with van der Waals surface area (Å²) in [5.74, 6) is 0.399. The van der Waals surface area contributed by atoms with Crippen molar-refractivity contribution in [3.05, 3.63) is 59.7 Å². The minimum absolute atomic E-state index is 0.244. The average molecular weight is 441 g/mol. The lowest BCUT2D eigenvalue weighted by molar-refractivity contribution is -0.137. The molecule has 0 unspecified atom stereocenters. The van der Waals surface area contributed by atoms with Crippen molar-refractivity contribution in [3.63, 3.8) is 0 Å². The van der Waals surface area contributed by atoms with Gasteiger partial charge in [0.25, 0.3) is 0 Å². The molecule has 2 rings (SSSR count). The average Bonchev–Trinajstić information content (AvgIpc) is 2.75. The van der Waals surface area contributed by atoms with Crippen molar-refractivity contribution in [2.24, 2.45) is 11.1 Å². The second kappa shape index (κ2) is 12.3. The molecule has 0 saturated carbocycles. The van der Waals surface area contributed by atoms with E-state index in [9.17, 15) is 23.1 Å². The number of unbranched alkanes of at least 4 members (excludes halogenated alkanes) is 1. The number of hydrogen-bond donors (Lipinski definition) is 3. The van der Waals surface area contributed by atoms with Gasteiger partial charge in [-0.15, -0.1) is 0 Å². The number of aliphatic hydroxyl groups is 1. The van der Waals surface area contributed by atoms with Crippen LogP contribution in [0.25, 0.3) is 0 Å². The minimum atomic E-state index is -4.31. The molecule has 0 fully saturated rings. The molecule has 0 heterocycles. The lowest BCUT2D eigenvalue weighted by atomic mass is 9.93. The van der Waals surface area contributed by atoms with Crippen molar-refractivity contribution in [2.45, 2.75) is 39.3 Å². The topological polar surface area (TPSA) is 84.6 Å². The second-order valence-corrected chi connectivity index (χ2v) is 7.52. The van der Waals surface area contributed by atoms with E-state index < -0.39 is 17.2 Å². The predicted octanol–water partition coefficient (Wildman–Crippen LogP) is 4.64. The van der Waals surface area contributed by atoms with Gasteiger partial charge in [-0.2, -0.15) is 13.2 Å². The molecule has 0 aromatic heterocycles. The van der Waals surface area contributed by atoms with Crippen LogP contribution in [0.3, 0.4) is 0 Å². The highest BCUT2D eigenvalue weighted by molar-refractivity contribution is 5.94. The summed E-state index contributed by atoms with van der Waals surface area (Å²) < 4.78 is 43.3. The van der Waals surface area contributed by atoms with E-state index in [-0.39, 0.29) is 12.5 Å². The molecule has 31 heavy (non-hydrogen) atoms. The molecule has 8 heteroatoms. The van der Waals surface area contributed by atoms with Crippen molar-refractivity contribution in [1.82, 2.24) is 0 Å². The molecule has 0 bridgehead atoms. The predicted molar refractivity (Wildman–Crippen MR) is 116 cm³/mol. The highest BCUT2D eigenvalue weighted by Gasteiger charge is 2.29. The molecule has 0 aliphatic rings. The Hall–Kier alpha value is -2.58. The maximum Gasteiger partial charge on any atom is 0.416 e. The van der Waals surface area contributed by atoms with Crippen LogP contribution in [0.5, 0.6) is 5.75 Å². The number of alkyl halides is 3. The molecule has 4 N–H and O–H groups in total. The Morgan fingerprint density at radius 1 is 1.00 bits per heavy atom. The SMILES string of the molecule is CC(C)(CO)C(=O)Nc1ccc(OCCCCc2ccc(C(F)(F)F)cc2)cc1.CN. The zero-order valence-electron chi connectivity index (χ0n) is 18.1. The highest BCUT2D eigenvalue weighted by atomic mass is 19.4. The molecule has 2 aromatic rings. The van der Waals surface area contributed by atoms with Crippen molar-refractivity contribution < 1.29 is 27.8 Å². The van der Waals surface area contributed by atoms with Gasteiger partial charge in [0, 0.05) is 5.69 Å². The van der Waals surface area contributed by atoms with Crippen LogP contribution in [0.4, 0.5) is 18.9 Å². The number of halogens is 3. The summed E-state index contributed by atoms with van der Waals surface area (Å²) >= 11 is 0. The van der Waals surface area contributed by atoms with E-state index in [0.29, 0.717) is 24.5 Å². The Bertz CT molecular complexity index is 789. The van der Waals surface area contributed by atoms with Gasteiger partial charge in [-0.1, -0.05) is 12.1 Å². The van der Waals surface area contributed by atoms with E-state index >= 15 is 0 Å². The largest absolute Gasteiger partial charge is 0.494 e. The summed E-state index contributed by atoms with van der Waals surface area (Å²) in [7, 11) is 1.50. The molecule has 2 aromatic carbocycles. The second-order valence-electron chi connectivity index (χ2n) is 7.52. The van der Waals surface area contributed by atoms with Crippen molar-refractivity contribution in [2.75, 3.05) is 25.6 Å². The Labute approximate surface area is 181 Å². The number of nitrogens with two attached hydrogens (primary N) is 1. The van der Waals surface area contributed by atoms with Crippen LogP contribution in [0.15, 0.2) is 48.5 Å². The maximum absolute atomic E-state index is 12.5. The zero-order chi connectivity index (χ0) is 23.5. The third-order valence-corrected chi connectivity index (χ3v) is 4.53. The van der Waals surface area contributed by atoms with Crippen LogP contribution in [-0.4, -0.2) is 31.3 Å².